The van der Waals surface area contributed by atoms with Crippen molar-refractivity contribution in [3.63, 3.8) is 0 Å². The van der Waals surface area contributed by atoms with E-state index in [1.165, 1.54) is 0 Å². The van der Waals surface area contributed by atoms with Crippen molar-refractivity contribution < 1.29 is 9.53 Å². The molecule has 0 unspecified atom stereocenters. The second-order valence-corrected chi connectivity index (χ2v) is 6.66. The first-order chi connectivity index (χ1) is 12.6. The van der Waals surface area contributed by atoms with E-state index in [1.54, 1.807) is 24.4 Å². The van der Waals surface area contributed by atoms with Gasteiger partial charge in [-0.2, -0.15) is 0 Å². The highest BCUT2D eigenvalue weighted by Gasteiger charge is 2.10. The summed E-state index contributed by atoms with van der Waals surface area (Å²) < 4.78 is 5.34. The van der Waals surface area contributed by atoms with Crippen LogP contribution in [0.2, 0.25) is 5.02 Å². The van der Waals surface area contributed by atoms with Gasteiger partial charge in [0.2, 0.25) is 0 Å². The monoisotopic (exact) mass is 374 g/mol. The van der Waals surface area contributed by atoms with Crippen molar-refractivity contribution in [2.24, 2.45) is 0 Å². The number of ether oxygens (including phenoxy) is 1. The summed E-state index contributed by atoms with van der Waals surface area (Å²) >= 11 is 5.94. The van der Waals surface area contributed by atoms with Gasteiger partial charge in [-0.15, -0.1) is 0 Å². The summed E-state index contributed by atoms with van der Waals surface area (Å²) in [6.07, 6.45) is 1.58. The van der Waals surface area contributed by atoms with Gasteiger partial charge in [0.15, 0.2) is 0 Å². The van der Waals surface area contributed by atoms with Crippen molar-refractivity contribution >= 4 is 29.0 Å². The molecule has 1 aromatic carbocycles. The molecule has 0 saturated carbocycles. The van der Waals surface area contributed by atoms with Crippen LogP contribution < -0.4 is 10.6 Å². The molecule has 138 valence electrons. The van der Waals surface area contributed by atoms with E-state index in [9.17, 15) is 4.79 Å². The fourth-order valence-electron chi connectivity index (χ4n) is 2.76. The lowest BCUT2D eigenvalue weighted by Crippen LogP contribution is -2.39. The van der Waals surface area contributed by atoms with Gasteiger partial charge in [0.25, 0.3) is 5.91 Å². The van der Waals surface area contributed by atoms with Crippen molar-refractivity contribution in [3.05, 3.63) is 52.7 Å². The van der Waals surface area contributed by atoms with Gasteiger partial charge in [-0.25, -0.2) is 4.98 Å². The Hall–Kier alpha value is -2.15. The lowest BCUT2D eigenvalue weighted by atomic mass is 10.2. The molecule has 1 saturated heterocycles. The van der Waals surface area contributed by atoms with Crippen LogP contribution >= 0.6 is 11.6 Å². The zero-order valence-corrected chi connectivity index (χ0v) is 15.6. The predicted molar refractivity (Wildman–Crippen MR) is 104 cm³/mol. The van der Waals surface area contributed by atoms with E-state index in [1.807, 2.05) is 19.1 Å². The number of nitrogens with zero attached hydrogens (tertiary/aromatic N) is 2. The van der Waals surface area contributed by atoms with Crippen molar-refractivity contribution in [1.82, 2.24) is 9.88 Å². The zero-order valence-electron chi connectivity index (χ0n) is 14.8. The van der Waals surface area contributed by atoms with E-state index >= 15 is 0 Å². The minimum absolute atomic E-state index is 0.192. The van der Waals surface area contributed by atoms with E-state index in [0.29, 0.717) is 10.6 Å². The van der Waals surface area contributed by atoms with Crippen LogP contribution in [0.3, 0.4) is 0 Å². The van der Waals surface area contributed by atoms with Crippen molar-refractivity contribution in [1.29, 1.82) is 0 Å². The molecule has 1 aromatic heterocycles. The van der Waals surface area contributed by atoms with E-state index in [4.69, 9.17) is 16.3 Å². The second kappa shape index (κ2) is 8.98. The Morgan fingerprint density at radius 1 is 1.27 bits per heavy atom. The lowest BCUT2D eigenvalue weighted by Gasteiger charge is -2.26. The average Bonchev–Trinajstić information content (AvgIpc) is 2.65. The number of anilines is 2. The zero-order chi connectivity index (χ0) is 18.4. The van der Waals surface area contributed by atoms with Gasteiger partial charge in [0.1, 0.15) is 5.82 Å². The molecule has 0 atom stereocenters. The number of halogens is 1. The number of rotatable bonds is 6. The van der Waals surface area contributed by atoms with Crippen LogP contribution in [0.4, 0.5) is 11.5 Å². The summed E-state index contributed by atoms with van der Waals surface area (Å²) in [6.45, 7) is 7.20. The Morgan fingerprint density at radius 2 is 2.08 bits per heavy atom. The summed E-state index contributed by atoms with van der Waals surface area (Å²) in [5.41, 5.74) is 2.17. The van der Waals surface area contributed by atoms with Gasteiger partial charge in [0, 0.05) is 43.1 Å². The molecule has 0 spiro atoms. The van der Waals surface area contributed by atoms with E-state index < -0.39 is 0 Å². The molecule has 2 aromatic rings. The molecule has 6 nitrogen and oxygen atoms in total. The number of pyridine rings is 1. The molecule has 0 bridgehead atoms. The van der Waals surface area contributed by atoms with E-state index in [2.05, 4.69) is 20.5 Å². The van der Waals surface area contributed by atoms with Gasteiger partial charge >= 0.3 is 0 Å². The number of hydrogen-bond donors (Lipinski definition) is 2. The largest absolute Gasteiger partial charge is 0.379 e. The third-order valence-electron chi connectivity index (χ3n) is 4.30. The quantitative estimate of drug-likeness (QED) is 0.813. The van der Waals surface area contributed by atoms with Gasteiger partial charge in [0.05, 0.1) is 18.8 Å². The molecule has 2 N–H and O–H groups in total. The number of benzene rings is 1. The first-order valence-corrected chi connectivity index (χ1v) is 9.07. The molecule has 3 rings (SSSR count). The molecule has 1 aliphatic heterocycles. The van der Waals surface area contributed by atoms with Crippen LogP contribution in [-0.4, -0.2) is 55.2 Å². The van der Waals surface area contributed by atoms with Gasteiger partial charge in [-0.1, -0.05) is 11.6 Å². The van der Waals surface area contributed by atoms with Crippen molar-refractivity contribution in [2.75, 3.05) is 50.0 Å². The number of carbonyl (C=O) groups excluding carboxylic acids is 1. The standard InChI is InChI=1S/C19H23ClN4O2/c1-14-12-16(20)3-4-17(14)23-19(25)15-2-5-18(22-13-15)21-6-7-24-8-10-26-11-9-24/h2-5,12-13H,6-11H2,1H3,(H,21,22)(H,23,25). The Labute approximate surface area is 158 Å². The highest BCUT2D eigenvalue weighted by Crippen LogP contribution is 2.20. The average molecular weight is 375 g/mol. The van der Waals surface area contributed by atoms with Gasteiger partial charge in [-0.05, 0) is 42.8 Å². The molecule has 26 heavy (non-hydrogen) atoms. The smallest absolute Gasteiger partial charge is 0.257 e. The van der Waals surface area contributed by atoms with Crippen molar-refractivity contribution in [2.45, 2.75) is 6.92 Å². The fraction of sp³-hybridized carbons (Fsp3) is 0.368. The van der Waals surface area contributed by atoms with E-state index in [-0.39, 0.29) is 5.91 Å². The number of amides is 1. The molecule has 0 aliphatic carbocycles. The number of hydrogen-bond acceptors (Lipinski definition) is 5. The Morgan fingerprint density at radius 3 is 2.77 bits per heavy atom. The van der Waals surface area contributed by atoms with E-state index in [0.717, 1.165) is 56.5 Å². The maximum absolute atomic E-state index is 12.4. The highest BCUT2D eigenvalue weighted by atomic mass is 35.5. The fourth-order valence-corrected chi connectivity index (χ4v) is 2.99. The van der Waals surface area contributed by atoms with Crippen LogP contribution in [0.5, 0.6) is 0 Å². The number of aryl methyl sites for hydroxylation is 1. The summed E-state index contributed by atoms with van der Waals surface area (Å²) in [7, 11) is 0. The molecule has 0 radical (unpaired) electrons. The van der Waals surface area contributed by atoms with Gasteiger partial charge in [-0.3, -0.25) is 9.69 Å². The normalized spacial score (nSPS) is 14.8. The topological polar surface area (TPSA) is 66.5 Å². The van der Waals surface area contributed by atoms with Crippen LogP contribution in [0.25, 0.3) is 0 Å². The summed E-state index contributed by atoms with van der Waals surface area (Å²) in [6, 6.07) is 8.96. The Kier molecular flexibility index (Phi) is 6.44. The lowest BCUT2D eigenvalue weighted by molar-refractivity contribution is 0.0398. The highest BCUT2D eigenvalue weighted by molar-refractivity contribution is 6.30. The van der Waals surface area contributed by atoms with Crippen LogP contribution in [0.1, 0.15) is 15.9 Å². The molecular formula is C19H23ClN4O2. The van der Waals surface area contributed by atoms with Crippen molar-refractivity contribution in [3.8, 4) is 0 Å². The minimum Gasteiger partial charge on any atom is -0.379 e. The molecular weight excluding hydrogens is 352 g/mol. The first kappa shape index (κ1) is 18.6. The summed E-state index contributed by atoms with van der Waals surface area (Å²) in [5, 5.41) is 6.81. The predicted octanol–water partition coefficient (Wildman–Crippen LogP) is 3.04. The molecule has 1 amide bonds. The first-order valence-electron chi connectivity index (χ1n) is 8.69. The number of carbonyl (C=O) groups is 1. The third-order valence-corrected chi connectivity index (χ3v) is 4.54. The maximum Gasteiger partial charge on any atom is 0.257 e. The number of nitrogens with one attached hydrogen (secondary N) is 2. The van der Waals surface area contributed by atoms with Crippen LogP contribution in [-0.2, 0) is 4.74 Å². The van der Waals surface area contributed by atoms with Crippen LogP contribution in [0, 0.1) is 6.92 Å². The Bertz CT molecular complexity index is 746. The summed E-state index contributed by atoms with van der Waals surface area (Å²) in [5.74, 6) is 0.570. The van der Waals surface area contributed by atoms with Gasteiger partial charge < -0.3 is 15.4 Å². The molecule has 7 heteroatoms. The molecule has 1 aliphatic rings. The Balaban J connectivity index is 1.50. The van der Waals surface area contributed by atoms with Crippen LogP contribution in [0.15, 0.2) is 36.5 Å². The number of morpholine rings is 1. The second-order valence-electron chi connectivity index (χ2n) is 6.23. The minimum atomic E-state index is -0.192. The SMILES string of the molecule is Cc1cc(Cl)ccc1NC(=O)c1ccc(NCCN2CCOCC2)nc1. The summed E-state index contributed by atoms with van der Waals surface area (Å²) in [4.78, 5) is 19.0. The molecule has 1 fully saturated rings. The molecule has 2 heterocycles. The maximum atomic E-state index is 12.4. The third kappa shape index (κ3) is 5.17. The number of aromatic nitrogens is 1.